The van der Waals surface area contributed by atoms with Gasteiger partial charge in [-0.3, -0.25) is 4.79 Å². The Morgan fingerprint density at radius 3 is 2.61 bits per heavy atom. The molecule has 0 fully saturated rings. The highest BCUT2D eigenvalue weighted by molar-refractivity contribution is 5.98. The second kappa shape index (κ2) is 6.32. The van der Waals surface area contributed by atoms with Gasteiger partial charge in [-0.15, -0.1) is 0 Å². The van der Waals surface area contributed by atoms with Crippen LogP contribution in [0.25, 0.3) is 0 Å². The van der Waals surface area contributed by atoms with Gasteiger partial charge in [0.1, 0.15) is 0 Å². The molecule has 2 aromatic rings. The Labute approximate surface area is 133 Å². The van der Waals surface area contributed by atoms with E-state index in [2.05, 4.69) is 0 Å². The number of anilines is 1. The van der Waals surface area contributed by atoms with Crippen molar-refractivity contribution in [3.63, 3.8) is 0 Å². The summed E-state index contributed by atoms with van der Waals surface area (Å²) in [6, 6.07) is 15.8. The number of fused-ring (bicyclic) bond motifs is 1. The highest BCUT2D eigenvalue weighted by Crippen LogP contribution is 2.27. The largest absolute Gasteiger partial charge is 0.452 e. The van der Waals surface area contributed by atoms with Gasteiger partial charge in [0.15, 0.2) is 6.61 Å². The summed E-state index contributed by atoms with van der Waals surface area (Å²) in [5.41, 5.74) is 2.79. The molecule has 0 radical (unpaired) electrons. The van der Waals surface area contributed by atoms with Crippen molar-refractivity contribution < 1.29 is 14.3 Å². The lowest BCUT2D eigenvalue weighted by atomic mass is 10.1. The number of amides is 1. The molecule has 5 heteroatoms. The van der Waals surface area contributed by atoms with Crippen LogP contribution in [0.3, 0.4) is 0 Å². The number of rotatable bonds is 3. The zero-order chi connectivity index (χ0) is 16.2. The average molecular weight is 306 g/mol. The van der Waals surface area contributed by atoms with Gasteiger partial charge in [-0.25, -0.2) is 4.79 Å². The minimum Gasteiger partial charge on any atom is -0.452 e. The standard InChI is InChI=1S/C18H14N2O3/c19-11-13-5-7-15(8-6-13)18(22)23-12-17(21)20-10-9-14-3-1-2-4-16(14)20/h1-8H,9-10,12H2. The van der Waals surface area contributed by atoms with Gasteiger partial charge in [0.2, 0.25) is 0 Å². The highest BCUT2D eigenvalue weighted by Gasteiger charge is 2.24. The first-order valence-electron chi connectivity index (χ1n) is 7.24. The van der Waals surface area contributed by atoms with Crippen LogP contribution in [-0.2, 0) is 16.0 Å². The number of esters is 1. The number of nitrogens with zero attached hydrogens (tertiary/aromatic N) is 2. The summed E-state index contributed by atoms with van der Waals surface area (Å²) in [6.45, 7) is 0.305. The van der Waals surface area contributed by atoms with Crippen molar-refractivity contribution in [1.29, 1.82) is 5.26 Å². The van der Waals surface area contributed by atoms with Crippen molar-refractivity contribution in [2.45, 2.75) is 6.42 Å². The van der Waals surface area contributed by atoms with Crippen LogP contribution in [0.15, 0.2) is 48.5 Å². The van der Waals surface area contributed by atoms with Crippen molar-refractivity contribution >= 4 is 17.6 Å². The summed E-state index contributed by atoms with van der Waals surface area (Å²) in [7, 11) is 0. The number of benzene rings is 2. The second-order valence-electron chi connectivity index (χ2n) is 5.19. The fourth-order valence-corrected chi connectivity index (χ4v) is 2.57. The Morgan fingerprint density at radius 2 is 1.87 bits per heavy atom. The average Bonchev–Trinajstić information content (AvgIpc) is 3.03. The summed E-state index contributed by atoms with van der Waals surface area (Å²) in [4.78, 5) is 25.8. The summed E-state index contributed by atoms with van der Waals surface area (Å²) in [5, 5.41) is 8.73. The number of ether oxygens (including phenoxy) is 1. The molecular weight excluding hydrogens is 292 g/mol. The van der Waals surface area contributed by atoms with Crippen LogP contribution in [0.2, 0.25) is 0 Å². The highest BCUT2D eigenvalue weighted by atomic mass is 16.5. The summed E-state index contributed by atoms with van der Waals surface area (Å²) >= 11 is 0. The Hall–Kier alpha value is -3.13. The minimum absolute atomic E-state index is 0.239. The smallest absolute Gasteiger partial charge is 0.338 e. The number of carbonyl (C=O) groups is 2. The van der Waals surface area contributed by atoms with E-state index in [4.69, 9.17) is 10.00 Å². The lowest BCUT2D eigenvalue weighted by molar-refractivity contribution is -0.121. The summed E-state index contributed by atoms with van der Waals surface area (Å²) in [6.07, 6.45) is 0.811. The van der Waals surface area contributed by atoms with Gasteiger partial charge in [-0.05, 0) is 42.3 Å². The predicted octanol–water partition coefficient (Wildman–Crippen LogP) is 2.30. The lowest BCUT2D eigenvalue weighted by Crippen LogP contribution is -2.33. The first-order valence-corrected chi connectivity index (χ1v) is 7.24. The number of hydrogen-bond acceptors (Lipinski definition) is 4. The summed E-state index contributed by atoms with van der Waals surface area (Å²) in [5.74, 6) is -0.813. The van der Waals surface area contributed by atoms with E-state index in [1.807, 2.05) is 30.3 Å². The molecule has 0 aromatic heterocycles. The molecule has 0 N–H and O–H groups in total. The van der Waals surface area contributed by atoms with E-state index in [9.17, 15) is 9.59 Å². The monoisotopic (exact) mass is 306 g/mol. The van der Waals surface area contributed by atoms with E-state index in [0.717, 1.165) is 17.7 Å². The maximum Gasteiger partial charge on any atom is 0.338 e. The van der Waals surface area contributed by atoms with Gasteiger partial charge in [-0.2, -0.15) is 5.26 Å². The van der Waals surface area contributed by atoms with Gasteiger partial charge in [0.25, 0.3) is 5.91 Å². The van der Waals surface area contributed by atoms with E-state index in [0.29, 0.717) is 17.7 Å². The Kier molecular flexibility index (Phi) is 4.07. The van der Waals surface area contributed by atoms with Gasteiger partial charge < -0.3 is 9.64 Å². The zero-order valence-corrected chi connectivity index (χ0v) is 12.4. The molecule has 2 aromatic carbocycles. The molecule has 114 valence electrons. The van der Waals surface area contributed by atoms with Crippen molar-refractivity contribution in [1.82, 2.24) is 0 Å². The molecule has 0 bridgehead atoms. The molecule has 0 aliphatic carbocycles. The lowest BCUT2D eigenvalue weighted by Gasteiger charge is -2.17. The fourth-order valence-electron chi connectivity index (χ4n) is 2.57. The number of para-hydroxylation sites is 1. The predicted molar refractivity (Wildman–Crippen MR) is 83.9 cm³/mol. The molecule has 0 unspecified atom stereocenters. The molecule has 1 aliphatic heterocycles. The molecule has 1 amide bonds. The minimum atomic E-state index is -0.574. The van der Waals surface area contributed by atoms with Crippen molar-refractivity contribution in [2.24, 2.45) is 0 Å². The molecule has 5 nitrogen and oxygen atoms in total. The third-order valence-electron chi connectivity index (χ3n) is 3.76. The molecule has 1 aliphatic rings. The van der Waals surface area contributed by atoms with Gasteiger partial charge in [0.05, 0.1) is 17.2 Å². The normalized spacial score (nSPS) is 12.4. The van der Waals surface area contributed by atoms with Crippen LogP contribution in [0.4, 0.5) is 5.69 Å². The molecule has 3 rings (SSSR count). The third kappa shape index (κ3) is 3.06. The summed E-state index contributed by atoms with van der Waals surface area (Å²) < 4.78 is 5.08. The maximum atomic E-state index is 12.2. The van der Waals surface area contributed by atoms with E-state index in [1.165, 1.54) is 24.3 Å². The van der Waals surface area contributed by atoms with Crippen LogP contribution in [0.1, 0.15) is 21.5 Å². The second-order valence-corrected chi connectivity index (χ2v) is 5.19. The maximum absolute atomic E-state index is 12.2. The Morgan fingerprint density at radius 1 is 1.13 bits per heavy atom. The first-order chi connectivity index (χ1) is 11.2. The third-order valence-corrected chi connectivity index (χ3v) is 3.76. The molecule has 1 heterocycles. The molecule has 0 saturated heterocycles. The zero-order valence-electron chi connectivity index (χ0n) is 12.4. The van der Waals surface area contributed by atoms with Crippen LogP contribution >= 0.6 is 0 Å². The fraction of sp³-hybridized carbons (Fsp3) is 0.167. The molecule has 0 saturated carbocycles. The SMILES string of the molecule is N#Cc1ccc(C(=O)OCC(=O)N2CCc3ccccc32)cc1. The van der Waals surface area contributed by atoms with E-state index in [-0.39, 0.29) is 12.5 Å². The van der Waals surface area contributed by atoms with Crippen molar-refractivity contribution in [3.05, 3.63) is 65.2 Å². The number of hydrogen-bond donors (Lipinski definition) is 0. The first kappa shape index (κ1) is 14.8. The van der Waals surface area contributed by atoms with E-state index >= 15 is 0 Å². The van der Waals surface area contributed by atoms with Gasteiger partial charge in [0, 0.05) is 12.2 Å². The van der Waals surface area contributed by atoms with Crippen molar-refractivity contribution in [2.75, 3.05) is 18.1 Å². The van der Waals surface area contributed by atoms with E-state index in [1.54, 1.807) is 4.90 Å². The Bertz CT molecular complexity index is 791. The number of carbonyl (C=O) groups excluding carboxylic acids is 2. The van der Waals surface area contributed by atoms with Crippen LogP contribution in [0.5, 0.6) is 0 Å². The molecule has 0 spiro atoms. The van der Waals surface area contributed by atoms with Crippen LogP contribution < -0.4 is 4.90 Å². The van der Waals surface area contributed by atoms with Crippen LogP contribution in [0, 0.1) is 11.3 Å². The van der Waals surface area contributed by atoms with Crippen LogP contribution in [-0.4, -0.2) is 25.0 Å². The van der Waals surface area contributed by atoms with Gasteiger partial charge in [-0.1, -0.05) is 18.2 Å². The van der Waals surface area contributed by atoms with Gasteiger partial charge >= 0.3 is 5.97 Å². The Balaban J connectivity index is 1.61. The molecule has 23 heavy (non-hydrogen) atoms. The van der Waals surface area contributed by atoms with E-state index < -0.39 is 5.97 Å². The molecule has 0 atom stereocenters. The van der Waals surface area contributed by atoms with Crippen molar-refractivity contribution in [3.8, 4) is 6.07 Å². The topological polar surface area (TPSA) is 70.4 Å². The molecular formula is C18H14N2O3. The quantitative estimate of drug-likeness (QED) is 0.816. The number of nitriles is 1.